The summed E-state index contributed by atoms with van der Waals surface area (Å²) in [6.07, 6.45) is 0.380. The minimum atomic E-state index is -0.726. The van der Waals surface area contributed by atoms with E-state index < -0.39 is 17.9 Å². The van der Waals surface area contributed by atoms with Crippen molar-refractivity contribution in [2.45, 2.75) is 31.8 Å². The van der Waals surface area contributed by atoms with E-state index in [0.717, 1.165) is 44.7 Å². The van der Waals surface area contributed by atoms with Gasteiger partial charge in [-0.15, -0.1) is 0 Å². The predicted molar refractivity (Wildman–Crippen MR) is 148 cm³/mol. The van der Waals surface area contributed by atoms with Crippen molar-refractivity contribution >= 4 is 11.9 Å². The Balaban J connectivity index is 1.58. The van der Waals surface area contributed by atoms with Crippen molar-refractivity contribution in [2.75, 3.05) is 14.2 Å². The summed E-state index contributed by atoms with van der Waals surface area (Å²) in [5.74, 6) is -0.229. The van der Waals surface area contributed by atoms with Gasteiger partial charge in [-0.1, -0.05) is 84.9 Å². The Bertz CT molecular complexity index is 1410. The lowest BCUT2D eigenvalue weighted by atomic mass is 9.84. The minimum Gasteiger partial charge on any atom is -0.496 e. The second-order valence-corrected chi connectivity index (χ2v) is 9.59. The van der Waals surface area contributed by atoms with E-state index in [0.29, 0.717) is 13.0 Å². The summed E-state index contributed by atoms with van der Waals surface area (Å²) in [6, 6.07) is 31.0. The zero-order valence-corrected chi connectivity index (χ0v) is 21.9. The molecule has 1 unspecified atom stereocenters. The Morgan fingerprint density at radius 3 is 2.08 bits per heavy atom. The van der Waals surface area contributed by atoms with Gasteiger partial charge >= 0.3 is 5.97 Å². The fraction of sp³-hybridized carbons (Fsp3) is 0.212. The van der Waals surface area contributed by atoms with Crippen LogP contribution in [0.3, 0.4) is 0 Å². The molecule has 5 rings (SSSR count). The second kappa shape index (κ2) is 10.9. The van der Waals surface area contributed by atoms with Crippen molar-refractivity contribution in [3.05, 3.63) is 125 Å². The van der Waals surface area contributed by atoms with E-state index in [9.17, 15) is 9.59 Å². The lowest BCUT2D eigenvalue weighted by Gasteiger charge is -2.38. The van der Waals surface area contributed by atoms with Crippen molar-refractivity contribution < 1.29 is 19.1 Å². The van der Waals surface area contributed by atoms with Gasteiger partial charge in [-0.2, -0.15) is 0 Å². The molecule has 4 aromatic carbocycles. The predicted octanol–water partition coefficient (Wildman–Crippen LogP) is 5.93. The van der Waals surface area contributed by atoms with Gasteiger partial charge in [0.1, 0.15) is 11.8 Å². The van der Waals surface area contributed by atoms with Crippen LogP contribution in [-0.2, 0) is 27.3 Å². The van der Waals surface area contributed by atoms with Crippen molar-refractivity contribution in [1.82, 2.24) is 4.90 Å². The molecule has 1 amide bonds. The molecular weight excluding hydrogens is 474 g/mol. The van der Waals surface area contributed by atoms with E-state index >= 15 is 0 Å². The molecule has 1 aliphatic heterocycles. The summed E-state index contributed by atoms with van der Waals surface area (Å²) in [5, 5.41) is 0. The second-order valence-electron chi connectivity index (χ2n) is 9.59. The van der Waals surface area contributed by atoms with Gasteiger partial charge < -0.3 is 14.4 Å². The number of hydrogen-bond donors (Lipinski definition) is 0. The maximum atomic E-state index is 14.3. The first-order valence-electron chi connectivity index (χ1n) is 12.8. The first-order chi connectivity index (χ1) is 18.5. The van der Waals surface area contributed by atoms with Gasteiger partial charge in [0.25, 0.3) is 0 Å². The molecule has 38 heavy (non-hydrogen) atoms. The molecule has 1 atom stereocenters. The number of amides is 1. The number of benzene rings is 4. The molecule has 0 spiro atoms. The third-order valence-electron chi connectivity index (χ3n) is 7.36. The largest absolute Gasteiger partial charge is 0.496 e. The molecule has 0 saturated carbocycles. The van der Waals surface area contributed by atoms with Gasteiger partial charge in [-0.25, -0.2) is 4.79 Å². The van der Waals surface area contributed by atoms with Crippen molar-refractivity contribution in [3.8, 4) is 16.9 Å². The summed E-state index contributed by atoms with van der Waals surface area (Å²) < 4.78 is 10.7. The number of hydrogen-bond acceptors (Lipinski definition) is 4. The number of aryl methyl sites for hydroxylation is 1. The van der Waals surface area contributed by atoms with Crippen LogP contribution in [0, 0.1) is 6.92 Å². The van der Waals surface area contributed by atoms with Gasteiger partial charge in [-0.05, 0) is 58.0 Å². The molecule has 0 fully saturated rings. The number of rotatable bonds is 6. The highest BCUT2D eigenvalue weighted by molar-refractivity contribution is 5.92. The van der Waals surface area contributed by atoms with Crippen LogP contribution >= 0.6 is 0 Å². The maximum Gasteiger partial charge on any atom is 0.328 e. The molecule has 0 aromatic heterocycles. The Morgan fingerprint density at radius 1 is 0.842 bits per heavy atom. The van der Waals surface area contributed by atoms with Crippen LogP contribution in [0.4, 0.5) is 0 Å². The van der Waals surface area contributed by atoms with Gasteiger partial charge in [0, 0.05) is 13.0 Å². The van der Waals surface area contributed by atoms with Gasteiger partial charge in [0.05, 0.1) is 20.1 Å². The van der Waals surface area contributed by atoms with Crippen LogP contribution in [0.2, 0.25) is 0 Å². The highest BCUT2D eigenvalue weighted by atomic mass is 16.5. The summed E-state index contributed by atoms with van der Waals surface area (Å²) in [4.78, 5) is 29.2. The monoisotopic (exact) mass is 505 g/mol. The lowest BCUT2D eigenvalue weighted by Crippen LogP contribution is -2.50. The summed E-state index contributed by atoms with van der Waals surface area (Å²) in [5.41, 5.74) is 7.01. The number of ether oxygens (including phenoxy) is 2. The van der Waals surface area contributed by atoms with Crippen LogP contribution in [0.5, 0.6) is 5.75 Å². The standard InChI is InChI=1S/C33H31NO4/c1-22-19-25(17-18-30(22)37-2)27-16-10-15-26-21-34(29(20-28(26)27)33(36)38-3)32(35)31(23-11-6-4-7-12-23)24-13-8-5-9-14-24/h4-19,29,31H,20-21H2,1-3H3. The third-order valence-corrected chi connectivity index (χ3v) is 7.36. The van der Waals surface area contributed by atoms with Crippen LogP contribution in [0.25, 0.3) is 11.1 Å². The number of esters is 1. The average Bonchev–Trinajstić information content (AvgIpc) is 2.97. The van der Waals surface area contributed by atoms with Gasteiger partial charge in [-0.3, -0.25) is 4.79 Å². The maximum absolute atomic E-state index is 14.3. The fourth-order valence-corrected chi connectivity index (χ4v) is 5.45. The smallest absolute Gasteiger partial charge is 0.328 e. The van der Waals surface area contributed by atoms with Crippen LogP contribution in [-0.4, -0.2) is 37.0 Å². The molecular formula is C33H31NO4. The third kappa shape index (κ3) is 4.80. The first-order valence-corrected chi connectivity index (χ1v) is 12.8. The highest BCUT2D eigenvalue weighted by Gasteiger charge is 2.39. The normalized spacial score (nSPS) is 14.6. The first kappa shape index (κ1) is 25.3. The summed E-state index contributed by atoms with van der Waals surface area (Å²) >= 11 is 0. The zero-order chi connectivity index (χ0) is 26.6. The quantitative estimate of drug-likeness (QED) is 0.305. The van der Waals surface area contributed by atoms with E-state index in [-0.39, 0.29) is 5.91 Å². The Kier molecular flexibility index (Phi) is 7.27. The highest BCUT2D eigenvalue weighted by Crippen LogP contribution is 2.37. The van der Waals surface area contributed by atoms with Crippen LogP contribution in [0.1, 0.15) is 33.7 Å². The number of fused-ring (bicyclic) bond motifs is 1. The van der Waals surface area contributed by atoms with Crippen LogP contribution in [0.15, 0.2) is 97.1 Å². The number of carbonyl (C=O) groups excluding carboxylic acids is 2. The Labute approximate surface area is 223 Å². The SMILES string of the molecule is COC(=O)C1Cc2c(cccc2-c2ccc(OC)c(C)c2)CN1C(=O)C(c1ccccc1)c1ccccc1. The Morgan fingerprint density at radius 2 is 1.50 bits per heavy atom. The van der Waals surface area contributed by atoms with E-state index in [1.807, 2.05) is 91.9 Å². The number of carbonyl (C=O) groups is 2. The van der Waals surface area contributed by atoms with Crippen molar-refractivity contribution in [3.63, 3.8) is 0 Å². The Hall–Kier alpha value is -4.38. The molecule has 5 nitrogen and oxygen atoms in total. The fourth-order valence-electron chi connectivity index (χ4n) is 5.45. The molecule has 1 heterocycles. The average molecular weight is 506 g/mol. The van der Waals surface area contributed by atoms with E-state index in [4.69, 9.17) is 9.47 Å². The van der Waals surface area contributed by atoms with Crippen molar-refractivity contribution in [2.24, 2.45) is 0 Å². The van der Waals surface area contributed by atoms with Crippen LogP contribution < -0.4 is 4.74 Å². The zero-order valence-electron chi connectivity index (χ0n) is 21.9. The molecule has 0 saturated heterocycles. The van der Waals surface area contributed by atoms with E-state index in [1.54, 1.807) is 12.0 Å². The number of nitrogens with zero attached hydrogens (tertiary/aromatic N) is 1. The molecule has 4 aromatic rings. The minimum absolute atomic E-state index is 0.117. The molecule has 0 N–H and O–H groups in total. The summed E-state index contributed by atoms with van der Waals surface area (Å²) in [7, 11) is 3.04. The topological polar surface area (TPSA) is 55.8 Å². The molecule has 5 heteroatoms. The molecule has 0 aliphatic carbocycles. The molecule has 1 aliphatic rings. The lowest BCUT2D eigenvalue weighted by molar-refractivity contribution is -0.154. The molecule has 0 radical (unpaired) electrons. The number of methoxy groups -OCH3 is 2. The van der Waals surface area contributed by atoms with E-state index in [1.165, 1.54) is 7.11 Å². The van der Waals surface area contributed by atoms with Gasteiger partial charge in [0.2, 0.25) is 5.91 Å². The molecule has 192 valence electrons. The summed E-state index contributed by atoms with van der Waals surface area (Å²) in [6.45, 7) is 2.34. The van der Waals surface area contributed by atoms with E-state index in [2.05, 4.69) is 12.1 Å². The molecule has 0 bridgehead atoms. The van der Waals surface area contributed by atoms with Crippen molar-refractivity contribution in [1.29, 1.82) is 0 Å². The van der Waals surface area contributed by atoms with Gasteiger partial charge in [0.15, 0.2) is 0 Å².